The summed E-state index contributed by atoms with van der Waals surface area (Å²) in [6.45, 7) is 0.703. The molecule has 0 amide bonds. The molecule has 7 heteroatoms. The van der Waals surface area contributed by atoms with Crippen LogP contribution in [0.4, 0.5) is 5.69 Å². The summed E-state index contributed by atoms with van der Waals surface area (Å²) >= 11 is 4.45. The van der Waals surface area contributed by atoms with Crippen LogP contribution >= 0.6 is 27.3 Å². The second-order valence-electron chi connectivity index (χ2n) is 4.72. The van der Waals surface area contributed by atoms with E-state index in [-0.39, 0.29) is 10.8 Å². The molecule has 22 heavy (non-hydrogen) atoms. The Hall–Kier alpha value is -1.70. The summed E-state index contributed by atoms with van der Waals surface area (Å²) in [4.78, 5) is 16.6. The molecular weight excluding hydrogens is 368 g/mol. The number of methoxy groups -OCH3 is 1. The molecule has 1 aliphatic heterocycles. The first-order chi connectivity index (χ1) is 10.6. The van der Waals surface area contributed by atoms with E-state index < -0.39 is 0 Å². The molecule has 0 spiro atoms. The molecule has 1 aromatic heterocycles. The Morgan fingerprint density at radius 2 is 2.32 bits per heavy atom. The molecule has 0 saturated heterocycles. The predicted molar refractivity (Wildman–Crippen MR) is 92.3 cm³/mol. The third kappa shape index (κ3) is 2.79. The molecule has 0 bridgehead atoms. The van der Waals surface area contributed by atoms with Crippen molar-refractivity contribution in [1.29, 1.82) is 0 Å². The zero-order valence-electron chi connectivity index (χ0n) is 11.7. The van der Waals surface area contributed by atoms with Crippen molar-refractivity contribution >= 4 is 50.8 Å². The zero-order chi connectivity index (χ0) is 15.7. The molecule has 0 fully saturated rings. The van der Waals surface area contributed by atoms with Gasteiger partial charge < -0.3 is 9.84 Å². The fourth-order valence-electron chi connectivity index (χ4n) is 2.21. The average Bonchev–Trinajstić information content (AvgIpc) is 3.00. The lowest BCUT2D eigenvalue weighted by Gasteiger charge is -2.02. The molecule has 1 aromatic carbocycles. The Morgan fingerprint density at radius 3 is 3.09 bits per heavy atom. The van der Waals surface area contributed by atoms with Gasteiger partial charge in [-0.15, -0.1) is 0 Å². The van der Waals surface area contributed by atoms with Crippen LogP contribution in [0, 0.1) is 0 Å². The Bertz CT molecular complexity index is 836. The maximum absolute atomic E-state index is 11.9. The summed E-state index contributed by atoms with van der Waals surface area (Å²) in [6, 6.07) is 5.81. The third-order valence-electron chi connectivity index (χ3n) is 3.31. The van der Waals surface area contributed by atoms with Crippen molar-refractivity contribution in [2.75, 3.05) is 13.7 Å². The second kappa shape index (κ2) is 6.20. The number of aromatic hydroxyl groups is 1. The Morgan fingerprint density at radius 1 is 1.50 bits per heavy atom. The van der Waals surface area contributed by atoms with Gasteiger partial charge in [-0.25, -0.2) is 0 Å². The molecule has 114 valence electrons. The number of hydrogen-bond acceptors (Lipinski definition) is 5. The average molecular weight is 381 g/mol. The van der Waals surface area contributed by atoms with Crippen molar-refractivity contribution in [3.63, 3.8) is 0 Å². The Balaban J connectivity index is 2.00. The van der Waals surface area contributed by atoms with Crippen molar-refractivity contribution in [3.8, 4) is 5.88 Å². The van der Waals surface area contributed by atoms with Crippen LogP contribution in [0.1, 0.15) is 10.4 Å². The van der Waals surface area contributed by atoms with Gasteiger partial charge in [-0.2, -0.15) is 0 Å². The van der Waals surface area contributed by atoms with Gasteiger partial charge in [0.05, 0.1) is 23.7 Å². The molecule has 2 heterocycles. The highest BCUT2D eigenvalue weighted by atomic mass is 79.9. The van der Waals surface area contributed by atoms with Gasteiger partial charge in [0.1, 0.15) is 0 Å². The van der Waals surface area contributed by atoms with E-state index in [9.17, 15) is 9.90 Å². The van der Waals surface area contributed by atoms with E-state index in [0.29, 0.717) is 18.0 Å². The fourth-order valence-corrected chi connectivity index (χ4v) is 3.43. The highest BCUT2D eigenvalue weighted by molar-refractivity contribution is 9.10. The first kappa shape index (κ1) is 15.2. The molecular formula is C15H13BrN2O3S. The van der Waals surface area contributed by atoms with Crippen molar-refractivity contribution in [2.24, 2.45) is 4.99 Å². The summed E-state index contributed by atoms with van der Waals surface area (Å²) in [5.41, 5.74) is 2.71. The lowest BCUT2D eigenvalue weighted by molar-refractivity contribution is 0.183. The number of halogens is 1. The number of aromatic nitrogens is 1. The number of allylic oxidation sites excluding steroid dienone is 1. The van der Waals surface area contributed by atoms with E-state index in [2.05, 4.69) is 20.9 Å². The van der Waals surface area contributed by atoms with Crippen molar-refractivity contribution in [2.45, 2.75) is 6.54 Å². The van der Waals surface area contributed by atoms with E-state index in [1.165, 1.54) is 4.57 Å². The number of hydrogen-bond donors (Lipinski definition) is 1. The number of aliphatic imine (C=N–C) groups is 1. The van der Waals surface area contributed by atoms with E-state index in [1.54, 1.807) is 19.4 Å². The van der Waals surface area contributed by atoms with Gasteiger partial charge in [-0.3, -0.25) is 14.4 Å². The number of fused-ring (bicyclic) bond motifs is 1. The standard InChI is InChI=1S/C15H13BrN2O3S/c1-21-5-4-18-14(19)13(22-15(18)20)6-9-8-17-12-3-2-10(16)7-11(9)12/h2-3,6-8,19H,4-5H2,1H3/b9-6+. The molecule has 1 N–H and O–H groups in total. The quantitative estimate of drug-likeness (QED) is 0.884. The van der Waals surface area contributed by atoms with Crippen LogP contribution in [-0.4, -0.2) is 29.6 Å². The fraction of sp³-hybridized carbons (Fsp3) is 0.200. The molecule has 0 aliphatic carbocycles. The first-order valence-corrected chi connectivity index (χ1v) is 8.18. The number of thiazole rings is 1. The van der Waals surface area contributed by atoms with Gasteiger partial charge in [0.2, 0.25) is 5.88 Å². The van der Waals surface area contributed by atoms with Gasteiger partial charge >= 0.3 is 4.87 Å². The normalized spacial score (nSPS) is 14.7. The zero-order valence-corrected chi connectivity index (χ0v) is 14.1. The minimum atomic E-state index is -0.203. The van der Waals surface area contributed by atoms with E-state index in [1.807, 2.05) is 18.2 Å². The third-order valence-corrected chi connectivity index (χ3v) is 4.72. The van der Waals surface area contributed by atoms with Crippen LogP contribution in [0.15, 0.2) is 32.5 Å². The molecule has 0 atom stereocenters. The summed E-state index contributed by atoms with van der Waals surface area (Å²) in [6.07, 6.45) is 3.52. The lowest BCUT2D eigenvalue weighted by Crippen LogP contribution is -2.15. The molecule has 0 radical (unpaired) electrons. The highest BCUT2D eigenvalue weighted by Crippen LogP contribution is 2.36. The van der Waals surface area contributed by atoms with Crippen molar-refractivity contribution in [3.05, 3.63) is 42.8 Å². The van der Waals surface area contributed by atoms with Crippen molar-refractivity contribution < 1.29 is 9.84 Å². The number of ether oxygens (including phenoxy) is 1. The van der Waals surface area contributed by atoms with Crippen LogP contribution in [0.3, 0.4) is 0 Å². The van der Waals surface area contributed by atoms with Gasteiger partial charge in [0.25, 0.3) is 0 Å². The Labute approximate surface area is 139 Å². The van der Waals surface area contributed by atoms with Crippen LogP contribution in [0.5, 0.6) is 5.88 Å². The predicted octanol–water partition coefficient (Wildman–Crippen LogP) is 3.28. The minimum Gasteiger partial charge on any atom is -0.493 e. The number of benzene rings is 1. The smallest absolute Gasteiger partial charge is 0.310 e. The Kier molecular flexibility index (Phi) is 4.28. The van der Waals surface area contributed by atoms with Crippen molar-refractivity contribution in [1.82, 2.24) is 4.57 Å². The molecule has 1 aliphatic rings. The largest absolute Gasteiger partial charge is 0.493 e. The summed E-state index contributed by atoms with van der Waals surface area (Å²) in [5, 5.41) is 10.2. The van der Waals surface area contributed by atoms with E-state index in [0.717, 1.165) is 32.6 Å². The maximum atomic E-state index is 11.9. The SMILES string of the molecule is COCCn1c(O)c(/C=C2\C=Nc3ccc(Br)cc32)sc1=O. The van der Waals surface area contributed by atoms with E-state index in [4.69, 9.17) is 4.74 Å². The van der Waals surface area contributed by atoms with Gasteiger partial charge in [-0.1, -0.05) is 27.3 Å². The lowest BCUT2D eigenvalue weighted by atomic mass is 10.1. The highest BCUT2D eigenvalue weighted by Gasteiger charge is 2.16. The summed E-state index contributed by atoms with van der Waals surface area (Å²) < 4.78 is 7.22. The van der Waals surface area contributed by atoms with Crippen LogP contribution in [-0.2, 0) is 11.3 Å². The molecule has 0 unspecified atom stereocenters. The van der Waals surface area contributed by atoms with Gasteiger partial charge in [-0.05, 0) is 24.3 Å². The topological polar surface area (TPSA) is 63.8 Å². The molecule has 5 nitrogen and oxygen atoms in total. The van der Waals surface area contributed by atoms with Gasteiger partial charge in [0, 0.05) is 28.9 Å². The summed E-state index contributed by atoms with van der Waals surface area (Å²) in [5.74, 6) is -0.0311. The molecule has 0 saturated carbocycles. The van der Waals surface area contributed by atoms with E-state index >= 15 is 0 Å². The second-order valence-corrected chi connectivity index (χ2v) is 6.63. The number of rotatable bonds is 4. The van der Waals surface area contributed by atoms with Crippen LogP contribution in [0.25, 0.3) is 11.6 Å². The molecule has 2 aromatic rings. The summed E-state index contributed by atoms with van der Waals surface area (Å²) in [7, 11) is 1.56. The molecule has 3 rings (SSSR count). The van der Waals surface area contributed by atoms with Crippen LogP contribution < -0.4 is 4.87 Å². The first-order valence-electron chi connectivity index (χ1n) is 6.57. The van der Waals surface area contributed by atoms with Crippen LogP contribution in [0.2, 0.25) is 0 Å². The minimum absolute atomic E-state index is 0.0311. The monoisotopic (exact) mass is 380 g/mol. The number of nitrogens with zero attached hydrogens (tertiary/aromatic N) is 2. The van der Waals surface area contributed by atoms with Gasteiger partial charge in [0.15, 0.2) is 0 Å². The maximum Gasteiger partial charge on any atom is 0.310 e.